The number of hydrogen-bond acceptors (Lipinski definition) is 5. The third-order valence-electron chi connectivity index (χ3n) is 8.94. The summed E-state index contributed by atoms with van der Waals surface area (Å²) in [5.41, 5.74) is 3.30. The smallest absolute Gasteiger partial charge is 0.238 e. The van der Waals surface area contributed by atoms with E-state index in [0.29, 0.717) is 16.6 Å². The van der Waals surface area contributed by atoms with Crippen molar-refractivity contribution in [3.63, 3.8) is 0 Å². The molecule has 1 aromatic heterocycles. The summed E-state index contributed by atoms with van der Waals surface area (Å²) in [6.07, 6.45) is 0.940. The molecule has 3 heterocycles. The van der Waals surface area contributed by atoms with Gasteiger partial charge in [-0.2, -0.15) is 0 Å². The monoisotopic (exact) mass is 566 g/mol. The van der Waals surface area contributed by atoms with Crippen LogP contribution in [0, 0.1) is 33.5 Å². The number of nitrogens with one attached hydrogen (secondary N) is 1. The molecule has 4 aliphatic rings. The van der Waals surface area contributed by atoms with Gasteiger partial charge in [-0.1, -0.05) is 56.6 Å². The van der Waals surface area contributed by atoms with E-state index in [4.69, 9.17) is 23.8 Å². The molecular formula is C29H27ClN2O2S3. The third-order valence-corrected chi connectivity index (χ3v) is 12.1. The lowest BCUT2D eigenvalue weighted by molar-refractivity contribution is -0.123. The predicted octanol–water partition coefficient (Wildman–Crippen LogP) is 7.43. The van der Waals surface area contributed by atoms with Gasteiger partial charge in [-0.3, -0.25) is 14.5 Å². The molecule has 2 aliphatic carbocycles. The van der Waals surface area contributed by atoms with Crippen molar-refractivity contribution in [2.75, 3.05) is 4.90 Å². The summed E-state index contributed by atoms with van der Waals surface area (Å²) in [6.45, 7) is 6.70. The maximum absolute atomic E-state index is 13.8. The van der Waals surface area contributed by atoms with Crippen LogP contribution in [0.1, 0.15) is 49.1 Å². The second-order valence-electron chi connectivity index (χ2n) is 11.8. The number of thiazole rings is 1. The summed E-state index contributed by atoms with van der Waals surface area (Å²) < 4.78 is 0.794. The van der Waals surface area contributed by atoms with Gasteiger partial charge in [0.05, 0.1) is 22.5 Å². The van der Waals surface area contributed by atoms with Crippen LogP contribution in [0.3, 0.4) is 0 Å². The number of imide groups is 1. The number of amides is 2. The quantitative estimate of drug-likeness (QED) is 0.259. The van der Waals surface area contributed by atoms with E-state index in [-0.39, 0.29) is 52.1 Å². The fraction of sp³-hybridized carbons (Fsp3) is 0.414. The van der Waals surface area contributed by atoms with Crippen molar-refractivity contribution < 1.29 is 9.59 Å². The number of thioether (sulfide) groups is 1. The van der Waals surface area contributed by atoms with Crippen molar-refractivity contribution >= 4 is 64.4 Å². The lowest BCUT2D eigenvalue weighted by Crippen LogP contribution is -2.42. The Hall–Kier alpha value is -1.93. The second-order valence-corrected chi connectivity index (χ2v) is 15.2. The molecule has 2 saturated carbocycles. The first-order valence-corrected chi connectivity index (χ1v) is 15.2. The number of rotatable bonds is 2. The summed E-state index contributed by atoms with van der Waals surface area (Å²) >= 11 is 15.2. The maximum atomic E-state index is 13.8. The number of carbonyl (C=O) groups excluding carboxylic acids is 2. The molecule has 1 N–H and O–H groups in total. The summed E-state index contributed by atoms with van der Waals surface area (Å²) in [4.78, 5) is 33.7. The Morgan fingerprint density at radius 2 is 1.62 bits per heavy atom. The first-order valence-electron chi connectivity index (χ1n) is 12.8. The standard InChI is InChI=1S/C29H27ClN2O2S3/c1-29(2,3)14-6-4-13(5-7-14)19-20-17-12-18(23(20)36-25-24(19)37-28(35)31-25)22-21(17)26(33)32(27(22)34)16-10-8-15(30)9-11-16/h4-11,17-23H,12H2,1-3H3,(H,31,35). The van der Waals surface area contributed by atoms with Crippen LogP contribution in [0.5, 0.6) is 0 Å². The molecule has 7 unspecified atom stereocenters. The Balaban J connectivity index is 1.30. The van der Waals surface area contributed by atoms with E-state index in [1.54, 1.807) is 35.6 Å². The number of anilines is 1. The molecule has 0 spiro atoms. The van der Waals surface area contributed by atoms with Gasteiger partial charge in [0.15, 0.2) is 3.95 Å². The van der Waals surface area contributed by atoms with Gasteiger partial charge in [0.25, 0.3) is 0 Å². The van der Waals surface area contributed by atoms with Crippen molar-refractivity contribution in [2.45, 2.75) is 48.8 Å². The summed E-state index contributed by atoms with van der Waals surface area (Å²) in [6, 6.07) is 16.1. The lowest BCUT2D eigenvalue weighted by atomic mass is 9.68. The maximum Gasteiger partial charge on any atom is 0.238 e. The van der Waals surface area contributed by atoms with Crippen LogP contribution >= 0.6 is 46.9 Å². The van der Waals surface area contributed by atoms with E-state index in [2.05, 4.69) is 50.0 Å². The van der Waals surface area contributed by atoms with Gasteiger partial charge >= 0.3 is 0 Å². The van der Waals surface area contributed by atoms with Crippen LogP contribution in [0.2, 0.25) is 5.02 Å². The predicted molar refractivity (Wildman–Crippen MR) is 152 cm³/mol. The molecular weight excluding hydrogens is 540 g/mol. The highest BCUT2D eigenvalue weighted by molar-refractivity contribution is 8.00. The number of carbonyl (C=O) groups is 2. The van der Waals surface area contributed by atoms with E-state index < -0.39 is 0 Å². The van der Waals surface area contributed by atoms with E-state index in [1.807, 2.05) is 11.8 Å². The van der Waals surface area contributed by atoms with Crippen LogP contribution in [-0.2, 0) is 15.0 Å². The average molecular weight is 567 g/mol. The van der Waals surface area contributed by atoms with Crippen LogP contribution in [-0.4, -0.2) is 22.0 Å². The zero-order valence-electron chi connectivity index (χ0n) is 20.7. The lowest BCUT2D eigenvalue weighted by Gasteiger charge is -2.43. The van der Waals surface area contributed by atoms with Gasteiger partial charge in [0.1, 0.15) is 0 Å². The number of hydrogen-bond donors (Lipinski definition) is 1. The Morgan fingerprint density at radius 1 is 0.973 bits per heavy atom. The van der Waals surface area contributed by atoms with Crippen molar-refractivity contribution in [1.82, 2.24) is 4.98 Å². The van der Waals surface area contributed by atoms with E-state index in [1.165, 1.54) is 20.9 Å². The van der Waals surface area contributed by atoms with Gasteiger partial charge in [0, 0.05) is 21.1 Å². The molecule has 3 fully saturated rings. The van der Waals surface area contributed by atoms with Crippen LogP contribution in [0.4, 0.5) is 5.69 Å². The minimum absolute atomic E-state index is 0.0393. The van der Waals surface area contributed by atoms with Crippen LogP contribution in [0.15, 0.2) is 53.6 Å². The van der Waals surface area contributed by atoms with Gasteiger partial charge in [-0.15, -0.1) is 23.1 Å². The fourth-order valence-electron chi connectivity index (χ4n) is 7.43. The number of aromatic amines is 1. The van der Waals surface area contributed by atoms with Crippen molar-refractivity contribution in [1.29, 1.82) is 0 Å². The Morgan fingerprint density at radius 3 is 2.27 bits per heavy atom. The van der Waals surface area contributed by atoms with Gasteiger partial charge in [-0.25, -0.2) is 0 Å². The molecule has 7 rings (SSSR count). The number of aromatic nitrogens is 1. The SMILES string of the molecule is CC(C)(C)c1ccc(C2c3sc(=S)[nH]c3SC3C4CC(C5C(=O)N(c6ccc(Cl)cc6)C(=O)C45)C23)cc1. The highest BCUT2D eigenvalue weighted by atomic mass is 35.5. The van der Waals surface area contributed by atoms with Crippen LogP contribution < -0.4 is 4.90 Å². The van der Waals surface area contributed by atoms with Crippen molar-refractivity contribution in [3.05, 3.63) is 73.5 Å². The minimum Gasteiger partial charge on any atom is -0.332 e. The minimum atomic E-state index is -0.250. The molecule has 2 bridgehead atoms. The topological polar surface area (TPSA) is 53.2 Å². The molecule has 37 heavy (non-hydrogen) atoms. The summed E-state index contributed by atoms with van der Waals surface area (Å²) in [7, 11) is 0. The first kappa shape index (κ1) is 24.1. The highest BCUT2D eigenvalue weighted by Gasteiger charge is 2.69. The largest absolute Gasteiger partial charge is 0.332 e. The molecule has 2 aromatic carbocycles. The van der Waals surface area contributed by atoms with Gasteiger partial charge < -0.3 is 4.98 Å². The zero-order chi connectivity index (χ0) is 25.8. The van der Waals surface area contributed by atoms with Crippen molar-refractivity contribution in [3.8, 4) is 0 Å². The second kappa shape index (κ2) is 8.28. The first-order chi connectivity index (χ1) is 17.6. The molecule has 0 radical (unpaired) electrons. The molecule has 2 amide bonds. The van der Waals surface area contributed by atoms with E-state index in [9.17, 15) is 9.59 Å². The summed E-state index contributed by atoms with van der Waals surface area (Å²) in [5, 5.41) is 2.03. The molecule has 8 heteroatoms. The summed E-state index contributed by atoms with van der Waals surface area (Å²) in [5.74, 6) is 0.266. The van der Waals surface area contributed by atoms with Crippen LogP contribution in [0.25, 0.3) is 0 Å². The zero-order valence-corrected chi connectivity index (χ0v) is 23.9. The average Bonchev–Trinajstić information content (AvgIpc) is 3.58. The molecule has 2 aliphatic heterocycles. The normalized spacial score (nSPS) is 32.0. The molecule has 1 saturated heterocycles. The number of nitrogens with zero attached hydrogens (tertiary/aromatic N) is 1. The number of benzene rings is 2. The highest BCUT2D eigenvalue weighted by Crippen LogP contribution is 2.69. The fourth-order valence-corrected chi connectivity index (χ4v) is 10.9. The molecule has 3 aromatic rings. The Labute approximate surface area is 234 Å². The molecule has 4 nitrogen and oxygen atoms in total. The van der Waals surface area contributed by atoms with Gasteiger partial charge in [0.2, 0.25) is 11.8 Å². The third kappa shape index (κ3) is 3.50. The van der Waals surface area contributed by atoms with Gasteiger partial charge in [-0.05, 0) is 77.2 Å². The Kier molecular flexibility index (Phi) is 5.40. The van der Waals surface area contributed by atoms with Crippen molar-refractivity contribution in [2.24, 2.45) is 29.6 Å². The van der Waals surface area contributed by atoms with E-state index >= 15 is 0 Å². The number of halogens is 1. The van der Waals surface area contributed by atoms with E-state index in [0.717, 1.165) is 15.4 Å². The number of fused-ring (bicyclic) bond motifs is 9. The molecule has 7 atom stereocenters. The Bertz CT molecular complexity index is 1490. The molecule has 190 valence electrons. The number of H-pyrrole nitrogens is 1.